The van der Waals surface area contributed by atoms with E-state index < -0.39 is 0 Å². The minimum absolute atomic E-state index is 0.0740. The van der Waals surface area contributed by atoms with Crippen molar-refractivity contribution in [2.24, 2.45) is 17.8 Å². The summed E-state index contributed by atoms with van der Waals surface area (Å²) in [6.07, 6.45) is 4.12. The lowest BCUT2D eigenvalue weighted by Crippen LogP contribution is -2.51. The smallest absolute Gasteiger partial charge is 0.227 e. The minimum Gasteiger partial charge on any atom is -0.493 e. The van der Waals surface area contributed by atoms with Gasteiger partial charge in [0.25, 0.3) is 0 Å². The summed E-state index contributed by atoms with van der Waals surface area (Å²) >= 11 is 0. The van der Waals surface area contributed by atoms with Crippen molar-refractivity contribution in [2.45, 2.75) is 84.3 Å². The Labute approximate surface area is 228 Å². The van der Waals surface area contributed by atoms with Crippen LogP contribution in [0.15, 0.2) is 18.2 Å². The monoisotopic (exact) mass is 531 g/mol. The number of piperidine rings is 1. The van der Waals surface area contributed by atoms with Crippen molar-refractivity contribution in [1.29, 1.82) is 0 Å². The largest absolute Gasteiger partial charge is 0.493 e. The van der Waals surface area contributed by atoms with Gasteiger partial charge in [0.05, 0.1) is 31.1 Å². The highest BCUT2D eigenvalue weighted by Gasteiger charge is 2.39. The van der Waals surface area contributed by atoms with Gasteiger partial charge in [-0.05, 0) is 60.8 Å². The number of hydrogen-bond donors (Lipinski definition) is 3. The van der Waals surface area contributed by atoms with Gasteiger partial charge in [-0.2, -0.15) is 0 Å². The van der Waals surface area contributed by atoms with Crippen molar-refractivity contribution >= 4 is 11.8 Å². The Kier molecular flexibility index (Phi) is 11.9. The number of carbonyl (C=O) groups excluding carboxylic acids is 2. The molecule has 3 atom stereocenters. The molecular formula is C30H49N3O5. The lowest BCUT2D eigenvalue weighted by Gasteiger charge is -2.34. The van der Waals surface area contributed by atoms with E-state index in [1.54, 1.807) is 7.11 Å². The van der Waals surface area contributed by atoms with Gasteiger partial charge in [-0.25, -0.2) is 0 Å². The van der Waals surface area contributed by atoms with E-state index in [1.165, 1.54) is 5.56 Å². The number of carbonyl (C=O) groups is 2. The van der Waals surface area contributed by atoms with Crippen LogP contribution in [0.1, 0.15) is 76.8 Å². The maximum absolute atomic E-state index is 13.8. The number of amides is 2. The average molecular weight is 532 g/mol. The van der Waals surface area contributed by atoms with E-state index >= 15 is 0 Å². The molecular weight excluding hydrogens is 482 g/mol. The van der Waals surface area contributed by atoms with E-state index in [0.717, 1.165) is 37.0 Å². The standard InChI is InChI=1S/C30H49N3O5/c1-20(2)11-26(19-34)32-29(35)24-14-25(17-31-16-24)30(36)33(27-7-8-27)18-22-12-23(21(3)4)15-28(13-22)38-10-6-9-37-5/h12-13,15,20-21,24-27,31,34H,6-11,14,16-19H2,1-5H3,(H,32,35)/t24-,25+,26?/m0/s1. The maximum Gasteiger partial charge on any atom is 0.227 e. The number of rotatable bonds is 15. The van der Waals surface area contributed by atoms with Crippen LogP contribution in [-0.2, 0) is 20.9 Å². The molecule has 0 radical (unpaired) electrons. The molecule has 2 amide bonds. The summed E-state index contributed by atoms with van der Waals surface area (Å²) in [5.74, 6) is 1.09. The molecule has 1 aromatic carbocycles. The first-order chi connectivity index (χ1) is 18.2. The van der Waals surface area contributed by atoms with Crippen LogP contribution < -0.4 is 15.4 Å². The summed E-state index contributed by atoms with van der Waals surface area (Å²) in [4.78, 5) is 28.8. The molecule has 1 aliphatic heterocycles. The van der Waals surface area contributed by atoms with Crippen LogP contribution in [0.2, 0.25) is 0 Å². The van der Waals surface area contributed by atoms with Crippen molar-refractivity contribution in [3.63, 3.8) is 0 Å². The summed E-state index contributed by atoms with van der Waals surface area (Å²) in [6, 6.07) is 6.35. The molecule has 3 N–H and O–H groups in total. The molecule has 1 unspecified atom stereocenters. The number of benzene rings is 1. The summed E-state index contributed by atoms with van der Waals surface area (Å²) in [5, 5.41) is 16.0. The zero-order valence-corrected chi connectivity index (χ0v) is 24.0. The number of hydrogen-bond acceptors (Lipinski definition) is 6. The van der Waals surface area contributed by atoms with Crippen LogP contribution in [0.5, 0.6) is 5.75 Å². The Bertz CT molecular complexity index is 902. The Morgan fingerprint density at radius 3 is 2.47 bits per heavy atom. The first-order valence-electron chi connectivity index (χ1n) is 14.4. The Balaban J connectivity index is 1.67. The molecule has 38 heavy (non-hydrogen) atoms. The minimum atomic E-state index is -0.281. The molecule has 8 heteroatoms. The Hall–Kier alpha value is -2.16. The highest BCUT2D eigenvalue weighted by molar-refractivity contribution is 5.83. The van der Waals surface area contributed by atoms with Gasteiger partial charge < -0.3 is 30.1 Å². The molecule has 8 nitrogen and oxygen atoms in total. The molecule has 3 rings (SSSR count). The van der Waals surface area contributed by atoms with Crippen molar-refractivity contribution in [3.05, 3.63) is 29.3 Å². The second-order valence-corrected chi connectivity index (χ2v) is 11.8. The third-order valence-corrected chi connectivity index (χ3v) is 7.43. The lowest BCUT2D eigenvalue weighted by atomic mass is 9.88. The SMILES string of the molecule is COCCCOc1cc(CN(C(=O)[C@H]2CNC[C@@H](C(=O)NC(CO)CC(C)C)C2)C2CC2)cc(C(C)C)c1. The predicted octanol–water partition coefficient (Wildman–Crippen LogP) is 3.47. The number of methoxy groups -OCH3 is 1. The fraction of sp³-hybridized carbons (Fsp3) is 0.733. The zero-order chi connectivity index (χ0) is 27.7. The maximum atomic E-state index is 13.8. The topological polar surface area (TPSA) is 100 Å². The highest BCUT2D eigenvalue weighted by atomic mass is 16.5. The van der Waals surface area contributed by atoms with E-state index in [0.29, 0.717) is 51.1 Å². The van der Waals surface area contributed by atoms with Gasteiger partial charge >= 0.3 is 0 Å². The molecule has 0 spiro atoms. The number of nitrogens with zero attached hydrogens (tertiary/aromatic N) is 1. The quantitative estimate of drug-likeness (QED) is 0.300. The first-order valence-corrected chi connectivity index (χ1v) is 14.4. The zero-order valence-electron chi connectivity index (χ0n) is 24.0. The van der Waals surface area contributed by atoms with Crippen LogP contribution in [0.4, 0.5) is 0 Å². The third-order valence-electron chi connectivity index (χ3n) is 7.43. The predicted molar refractivity (Wildman–Crippen MR) is 149 cm³/mol. The van der Waals surface area contributed by atoms with E-state index in [1.807, 2.05) is 4.90 Å². The number of ether oxygens (including phenoxy) is 2. The van der Waals surface area contributed by atoms with E-state index in [9.17, 15) is 14.7 Å². The molecule has 0 bridgehead atoms. The van der Waals surface area contributed by atoms with Crippen LogP contribution >= 0.6 is 0 Å². The Morgan fingerprint density at radius 1 is 1.11 bits per heavy atom. The van der Waals surface area contributed by atoms with Crippen molar-refractivity contribution < 1.29 is 24.2 Å². The van der Waals surface area contributed by atoms with Crippen LogP contribution in [0.3, 0.4) is 0 Å². The van der Waals surface area contributed by atoms with Gasteiger partial charge in [0.15, 0.2) is 0 Å². The van der Waals surface area contributed by atoms with E-state index in [2.05, 4.69) is 56.5 Å². The summed E-state index contributed by atoms with van der Waals surface area (Å²) in [6.45, 7) is 11.3. The van der Waals surface area contributed by atoms with Crippen LogP contribution in [0.25, 0.3) is 0 Å². The summed E-state index contributed by atoms with van der Waals surface area (Å²) in [7, 11) is 1.69. The number of aliphatic hydroxyl groups is 1. The fourth-order valence-corrected chi connectivity index (χ4v) is 5.19. The van der Waals surface area contributed by atoms with Gasteiger partial charge in [0, 0.05) is 45.8 Å². The van der Waals surface area contributed by atoms with Gasteiger partial charge in [-0.15, -0.1) is 0 Å². The molecule has 1 aliphatic carbocycles. The first kappa shape index (κ1) is 30.4. The number of aliphatic hydroxyl groups excluding tert-OH is 1. The average Bonchev–Trinajstić information content (AvgIpc) is 3.74. The molecule has 214 valence electrons. The van der Waals surface area contributed by atoms with Crippen LogP contribution in [-0.4, -0.2) is 73.9 Å². The van der Waals surface area contributed by atoms with Crippen LogP contribution in [0, 0.1) is 17.8 Å². The molecule has 2 fully saturated rings. The molecule has 2 aliphatic rings. The van der Waals surface area contributed by atoms with Gasteiger partial charge in [0.2, 0.25) is 11.8 Å². The van der Waals surface area contributed by atoms with Gasteiger partial charge in [-0.1, -0.05) is 33.8 Å². The van der Waals surface area contributed by atoms with E-state index in [4.69, 9.17) is 9.47 Å². The van der Waals surface area contributed by atoms with Crippen molar-refractivity contribution in [2.75, 3.05) is 40.0 Å². The second-order valence-electron chi connectivity index (χ2n) is 11.8. The second kappa shape index (κ2) is 14.8. The third kappa shape index (κ3) is 9.24. The van der Waals surface area contributed by atoms with E-state index in [-0.39, 0.29) is 42.3 Å². The van der Waals surface area contributed by atoms with Gasteiger partial charge in [0.1, 0.15) is 5.75 Å². The molecule has 1 heterocycles. The number of nitrogens with one attached hydrogen (secondary N) is 2. The summed E-state index contributed by atoms with van der Waals surface area (Å²) in [5.41, 5.74) is 2.28. The molecule has 1 saturated heterocycles. The Morgan fingerprint density at radius 2 is 1.84 bits per heavy atom. The highest BCUT2D eigenvalue weighted by Crippen LogP contribution is 2.33. The fourth-order valence-electron chi connectivity index (χ4n) is 5.19. The normalized spacial score (nSPS) is 20.4. The van der Waals surface area contributed by atoms with Gasteiger partial charge in [-0.3, -0.25) is 9.59 Å². The van der Waals surface area contributed by atoms with Crippen molar-refractivity contribution in [3.8, 4) is 5.75 Å². The van der Waals surface area contributed by atoms with Crippen molar-refractivity contribution in [1.82, 2.24) is 15.5 Å². The molecule has 1 aromatic rings. The summed E-state index contributed by atoms with van der Waals surface area (Å²) < 4.78 is 11.2. The molecule has 1 saturated carbocycles. The molecule has 0 aromatic heterocycles. The lowest BCUT2D eigenvalue weighted by molar-refractivity contribution is -0.139.